The number of thiazole rings is 1. The fourth-order valence-electron chi connectivity index (χ4n) is 2.91. The zero-order valence-electron chi connectivity index (χ0n) is 13.9. The summed E-state index contributed by atoms with van der Waals surface area (Å²) in [6, 6.07) is 19.4. The molecule has 0 aliphatic heterocycles. The van der Waals surface area contributed by atoms with E-state index in [1.807, 2.05) is 23.7 Å². The third kappa shape index (κ3) is 2.72. The molecule has 0 aliphatic rings. The lowest BCUT2D eigenvalue weighted by Crippen LogP contribution is -2.13. The summed E-state index contributed by atoms with van der Waals surface area (Å²) in [7, 11) is 3.55. The van der Waals surface area contributed by atoms with E-state index in [9.17, 15) is 4.79 Å². The van der Waals surface area contributed by atoms with Gasteiger partial charge in [0.15, 0.2) is 4.80 Å². The maximum absolute atomic E-state index is 12.5. The molecule has 3 aromatic carbocycles. The van der Waals surface area contributed by atoms with Gasteiger partial charge in [-0.15, -0.1) is 0 Å². The average molecular weight is 348 g/mol. The molecule has 1 aromatic heterocycles. The Bertz CT molecular complexity index is 1150. The number of methoxy groups -OCH3 is 1. The van der Waals surface area contributed by atoms with E-state index >= 15 is 0 Å². The second-order valence-electron chi connectivity index (χ2n) is 5.72. The van der Waals surface area contributed by atoms with E-state index in [4.69, 9.17) is 4.74 Å². The maximum atomic E-state index is 12.5. The second kappa shape index (κ2) is 6.18. The van der Waals surface area contributed by atoms with Crippen molar-refractivity contribution in [1.29, 1.82) is 0 Å². The number of aryl methyl sites for hydroxylation is 1. The Morgan fingerprint density at radius 1 is 1.04 bits per heavy atom. The van der Waals surface area contributed by atoms with E-state index in [0.717, 1.165) is 21.4 Å². The molecule has 4 aromatic rings. The van der Waals surface area contributed by atoms with Gasteiger partial charge >= 0.3 is 0 Å². The molecule has 1 amide bonds. The summed E-state index contributed by atoms with van der Waals surface area (Å²) in [5.41, 5.74) is 1.65. The molecular formula is C20H16N2O2S. The Kier molecular flexibility index (Phi) is 3.86. The number of ether oxygens (including phenoxy) is 1. The third-order valence-electron chi connectivity index (χ3n) is 4.22. The van der Waals surface area contributed by atoms with Gasteiger partial charge in [0.25, 0.3) is 5.91 Å². The molecule has 0 aliphatic carbocycles. The van der Waals surface area contributed by atoms with E-state index in [-0.39, 0.29) is 5.91 Å². The molecule has 0 unspecified atom stereocenters. The minimum absolute atomic E-state index is 0.255. The number of hydrogen-bond donors (Lipinski definition) is 0. The molecule has 0 bridgehead atoms. The average Bonchev–Trinajstić information content (AvgIpc) is 2.98. The fraction of sp³-hybridized carbons (Fsp3) is 0.100. The Morgan fingerprint density at radius 3 is 2.56 bits per heavy atom. The van der Waals surface area contributed by atoms with Crippen LogP contribution in [-0.4, -0.2) is 17.6 Å². The van der Waals surface area contributed by atoms with Gasteiger partial charge in [0, 0.05) is 18.0 Å². The summed E-state index contributed by atoms with van der Waals surface area (Å²) in [5, 5.41) is 2.34. The zero-order valence-corrected chi connectivity index (χ0v) is 14.7. The molecule has 0 saturated carbocycles. The van der Waals surface area contributed by atoms with Gasteiger partial charge < -0.3 is 9.30 Å². The highest BCUT2D eigenvalue weighted by molar-refractivity contribution is 7.16. The first-order valence-electron chi connectivity index (χ1n) is 7.88. The topological polar surface area (TPSA) is 43.6 Å². The van der Waals surface area contributed by atoms with Crippen LogP contribution in [0.4, 0.5) is 0 Å². The summed E-state index contributed by atoms with van der Waals surface area (Å²) in [6.45, 7) is 0. The molecule has 0 saturated heterocycles. The lowest BCUT2D eigenvalue weighted by atomic mass is 10.1. The first-order valence-corrected chi connectivity index (χ1v) is 8.69. The second-order valence-corrected chi connectivity index (χ2v) is 6.73. The van der Waals surface area contributed by atoms with Crippen molar-refractivity contribution in [1.82, 2.24) is 4.57 Å². The van der Waals surface area contributed by atoms with Gasteiger partial charge in [-0.05, 0) is 35.7 Å². The number of rotatable bonds is 2. The fourth-order valence-corrected chi connectivity index (χ4v) is 3.94. The largest absolute Gasteiger partial charge is 0.497 e. The summed E-state index contributed by atoms with van der Waals surface area (Å²) < 4.78 is 8.23. The van der Waals surface area contributed by atoms with Crippen molar-refractivity contribution in [3.8, 4) is 5.75 Å². The van der Waals surface area contributed by atoms with Crippen LogP contribution in [0.1, 0.15) is 10.4 Å². The maximum Gasteiger partial charge on any atom is 0.279 e. The number of carbonyl (C=O) groups excluding carboxylic acids is 1. The van der Waals surface area contributed by atoms with Crippen molar-refractivity contribution in [2.24, 2.45) is 12.0 Å². The number of carbonyl (C=O) groups is 1. The van der Waals surface area contributed by atoms with Gasteiger partial charge in [-0.1, -0.05) is 41.7 Å². The normalized spacial score (nSPS) is 12.0. The SMILES string of the molecule is COc1ccc(C(=O)N=c2sc3ccc4ccccc4c3n2C)cc1. The van der Waals surface area contributed by atoms with Crippen LogP contribution < -0.4 is 9.54 Å². The first-order chi connectivity index (χ1) is 12.2. The number of benzene rings is 3. The molecular weight excluding hydrogens is 332 g/mol. The van der Waals surface area contributed by atoms with Gasteiger partial charge in [-0.2, -0.15) is 4.99 Å². The molecule has 0 spiro atoms. The van der Waals surface area contributed by atoms with Crippen LogP contribution in [0.2, 0.25) is 0 Å². The Morgan fingerprint density at radius 2 is 1.80 bits per heavy atom. The van der Waals surface area contributed by atoms with E-state index < -0.39 is 0 Å². The van der Waals surface area contributed by atoms with Crippen molar-refractivity contribution < 1.29 is 9.53 Å². The molecule has 4 rings (SSSR count). The third-order valence-corrected chi connectivity index (χ3v) is 5.32. The highest BCUT2D eigenvalue weighted by atomic mass is 32.1. The molecule has 0 radical (unpaired) electrons. The molecule has 0 atom stereocenters. The highest BCUT2D eigenvalue weighted by Gasteiger charge is 2.09. The van der Waals surface area contributed by atoms with Crippen LogP contribution in [0.3, 0.4) is 0 Å². The Hall–Kier alpha value is -2.92. The van der Waals surface area contributed by atoms with Crippen LogP contribution in [0.25, 0.3) is 21.0 Å². The van der Waals surface area contributed by atoms with Gasteiger partial charge in [0.2, 0.25) is 0 Å². The first kappa shape index (κ1) is 15.6. The van der Waals surface area contributed by atoms with Crippen LogP contribution in [0.5, 0.6) is 5.75 Å². The van der Waals surface area contributed by atoms with E-state index in [0.29, 0.717) is 10.4 Å². The van der Waals surface area contributed by atoms with Crippen LogP contribution in [0.15, 0.2) is 65.7 Å². The number of fused-ring (bicyclic) bond motifs is 3. The van der Waals surface area contributed by atoms with Gasteiger partial charge in [0.05, 0.1) is 17.3 Å². The summed E-state index contributed by atoms with van der Waals surface area (Å²) in [6.07, 6.45) is 0. The molecule has 1 heterocycles. The smallest absolute Gasteiger partial charge is 0.279 e. The van der Waals surface area contributed by atoms with E-state index in [1.54, 1.807) is 31.4 Å². The number of hydrogen-bond acceptors (Lipinski definition) is 3. The number of amides is 1. The minimum Gasteiger partial charge on any atom is -0.497 e. The summed E-state index contributed by atoms with van der Waals surface area (Å²) in [4.78, 5) is 17.5. The molecule has 124 valence electrons. The lowest BCUT2D eigenvalue weighted by molar-refractivity contribution is 0.0998. The molecule has 5 heteroatoms. The molecule has 25 heavy (non-hydrogen) atoms. The van der Waals surface area contributed by atoms with Crippen molar-refractivity contribution in [2.75, 3.05) is 7.11 Å². The predicted molar refractivity (Wildman–Crippen MR) is 101 cm³/mol. The molecule has 0 N–H and O–H groups in total. The molecule has 4 nitrogen and oxygen atoms in total. The molecule has 0 fully saturated rings. The van der Waals surface area contributed by atoms with Crippen molar-refractivity contribution in [2.45, 2.75) is 0 Å². The Balaban J connectivity index is 1.85. The monoisotopic (exact) mass is 348 g/mol. The highest BCUT2D eigenvalue weighted by Crippen LogP contribution is 2.26. The standard InChI is InChI=1S/C20H16N2O2S/c1-22-18-16-6-4-3-5-13(16)9-12-17(18)25-20(22)21-19(23)14-7-10-15(24-2)11-8-14/h3-12H,1-2H3. The Labute approximate surface area is 148 Å². The summed E-state index contributed by atoms with van der Waals surface area (Å²) in [5.74, 6) is 0.463. The van der Waals surface area contributed by atoms with Gasteiger partial charge in [-0.3, -0.25) is 4.79 Å². The quantitative estimate of drug-likeness (QED) is 0.546. The summed E-state index contributed by atoms with van der Waals surface area (Å²) >= 11 is 1.52. The van der Waals surface area contributed by atoms with Gasteiger partial charge in [-0.25, -0.2) is 0 Å². The van der Waals surface area contributed by atoms with Crippen molar-refractivity contribution in [3.63, 3.8) is 0 Å². The number of nitrogens with zero attached hydrogens (tertiary/aromatic N) is 2. The van der Waals surface area contributed by atoms with Crippen LogP contribution in [-0.2, 0) is 7.05 Å². The lowest BCUT2D eigenvalue weighted by Gasteiger charge is -2.02. The zero-order chi connectivity index (χ0) is 17.4. The minimum atomic E-state index is -0.255. The van der Waals surface area contributed by atoms with E-state index in [2.05, 4.69) is 29.3 Å². The van der Waals surface area contributed by atoms with Crippen molar-refractivity contribution >= 4 is 38.2 Å². The van der Waals surface area contributed by atoms with Gasteiger partial charge in [0.1, 0.15) is 5.75 Å². The van der Waals surface area contributed by atoms with Crippen LogP contribution in [0, 0.1) is 0 Å². The van der Waals surface area contributed by atoms with E-state index in [1.165, 1.54) is 16.7 Å². The number of aromatic nitrogens is 1. The van der Waals surface area contributed by atoms with Crippen LogP contribution >= 0.6 is 11.3 Å². The van der Waals surface area contributed by atoms with Crippen molar-refractivity contribution in [3.05, 3.63) is 71.0 Å². The predicted octanol–water partition coefficient (Wildman–Crippen LogP) is 4.14.